The van der Waals surface area contributed by atoms with Gasteiger partial charge >= 0.3 is 0 Å². The van der Waals surface area contributed by atoms with Crippen molar-refractivity contribution in [2.24, 2.45) is 11.3 Å². The topological polar surface area (TPSA) is 12.0 Å². The van der Waals surface area contributed by atoms with Crippen LogP contribution in [-0.4, -0.2) is 24.1 Å². The number of rotatable bonds is 3. The van der Waals surface area contributed by atoms with Crippen LogP contribution in [0.25, 0.3) is 0 Å². The Morgan fingerprint density at radius 3 is 2.75 bits per heavy atom. The Kier molecular flexibility index (Phi) is 2.39. The first-order chi connectivity index (χ1) is 5.68. The Hall–Kier alpha value is 0.310. The molecule has 12 heavy (non-hydrogen) atoms. The van der Waals surface area contributed by atoms with E-state index in [1.54, 1.807) is 0 Å². The molecule has 70 valence electrons. The minimum atomic E-state index is 0.603. The van der Waals surface area contributed by atoms with E-state index >= 15 is 0 Å². The summed E-state index contributed by atoms with van der Waals surface area (Å²) in [5.74, 6) is 3.74. The van der Waals surface area contributed by atoms with Crippen molar-refractivity contribution in [1.29, 1.82) is 0 Å². The van der Waals surface area contributed by atoms with Crippen molar-refractivity contribution >= 4 is 11.8 Å². The lowest BCUT2D eigenvalue weighted by atomic mass is 10.1. The molecule has 0 radical (unpaired) electrons. The Bertz CT molecular complexity index is 156. The SMILES string of the molecule is CC1(C)CC1NCC1CCSC1. The molecular weight excluding hydrogens is 166 g/mol. The Balaban J connectivity index is 1.63. The van der Waals surface area contributed by atoms with Crippen LogP contribution in [0, 0.1) is 11.3 Å². The fourth-order valence-electron chi connectivity index (χ4n) is 1.87. The highest BCUT2D eigenvalue weighted by Gasteiger charge is 2.45. The molecule has 2 aliphatic rings. The lowest BCUT2D eigenvalue weighted by Crippen LogP contribution is -2.27. The molecule has 2 fully saturated rings. The van der Waals surface area contributed by atoms with Gasteiger partial charge < -0.3 is 5.32 Å². The summed E-state index contributed by atoms with van der Waals surface area (Å²) in [6.45, 7) is 5.98. The monoisotopic (exact) mass is 185 g/mol. The third kappa shape index (κ3) is 1.97. The first-order valence-electron chi connectivity index (χ1n) is 4.99. The molecule has 1 nitrogen and oxygen atoms in total. The standard InChI is InChI=1S/C10H19NS/c1-10(2)5-9(10)11-6-8-3-4-12-7-8/h8-9,11H,3-7H2,1-2H3. The molecule has 0 aromatic rings. The van der Waals surface area contributed by atoms with Crippen LogP contribution in [0.3, 0.4) is 0 Å². The van der Waals surface area contributed by atoms with Crippen molar-refractivity contribution in [3.63, 3.8) is 0 Å². The van der Waals surface area contributed by atoms with Gasteiger partial charge in [0.05, 0.1) is 0 Å². The number of thioether (sulfide) groups is 1. The molecule has 1 aliphatic heterocycles. The van der Waals surface area contributed by atoms with Gasteiger partial charge in [-0.2, -0.15) is 11.8 Å². The van der Waals surface area contributed by atoms with Gasteiger partial charge in [-0.1, -0.05) is 13.8 Å². The van der Waals surface area contributed by atoms with E-state index in [1.165, 1.54) is 30.9 Å². The van der Waals surface area contributed by atoms with Crippen LogP contribution in [0.4, 0.5) is 0 Å². The molecule has 0 aromatic heterocycles. The van der Waals surface area contributed by atoms with Gasteiger partial charge in [0.1, 0.15) is 0 Å². The van der Waals surface area contributed by atoms with E-state index in [0.717, 1.165) is 12.0 Å². The minimum Gasteiger partial charge on any atom is -0.313 e. The molecule has 0 bridgehead atoms. The highest BCUT2D eigenvalue weighted by Crippen LogP contribution is 2.44. The summed E-state index contributed by atoms with van der Waals surface area (Å²) in [7, 11) is 0. The third-order valence-corrected chi connectivity index (χ3v) is 4.42. The summed E-state index contributed by atoms with van der Waals surface area (Å²) in [4.78, 5) is 0. The van der Waals surface area contributed by atoms with Crippen molar-refractivity contribution in [2.45, 2.75) is 32.7 Å². The molecule has 1 saturated carbocycles. The summed E-state index contributed by atoms with van der Waals surface area (Å²) < 4.78 is 0. The fraction of sp³-hybridized carbons (Fsp3) is 1.00. The van der Waals surface area contributed by atoms with Gasteiger partial charge in [0.25, 0.3) is 0 Å². The van der Waals surface area contributed by atoms with Crippen LogP contribution in [0.1, 0.15) is 26.7 Å². The van der Waals surface area contributed by atoms with Crippen LogP contribution >= 0.6 is 11.8 Å². The summed E-state index contributed by atoms with van der Waals surface area (Å²) in [5, 5.41) is 3.68. The molecule has 0 aromatic carbocycles. The predicted molar refractivity (Wildman–Crippen MR) is 55.6 cm³/mol. The molecule has 2 heteroatoms. The number of hydrogen-bond donors (Lipinski definition) is 1. The molecule has 1 N–H and O–H groups in total. The van der Waals surface area contributed by atoms with Crippen LogP contribution in [0.15, 0.2) is 0 Å². The number of nitrogens with one attached hydrogen (secondary N) is 1. The Morgan fingerprint density at radius 2 is 2.25 bits per heavy atom. The maximum Gasteiger partial charge on any atom is 0.0125 e. The highest BCUT2D eigenvalue weighted by atomic mass is 32.2. The molecule has 1 aliphatic carbocycles. The second-order valence-electron chi connectivity index (χ2n) is 4.88. The summed E-state index contributed by atoms with van der Waals surface area (Å²) in [5.41, 5.74) is 0.603. The molecule has 1 saturated heterocycles. The van der Waals surface area contributed by atoms with Crippen molar-refractivity contribution in [3.8, 4) is 0 Å². The average molecular weight is 185 g/mol. The van der Waals surface area contributed by atoms with Crippen molar-refractivity contribution < 1.29 is 0 Å². The van der Waals surface area contributed by atoms with Crippen LogP contribution in [0.2, 0.25) is 0 Å². The predicted octanol–water partition coefficient (Wildman–Crippen LogP) is 2.13. The van der Waals surface area contributed by atoms with E-state index in [-0.39, 0.29) is 0 Å². The van der Waals surface area contributed by atoms with E-state index in [1.807, 2.05) is 0 Å². The molecule has 2 atom stereocenters. The van der Waals surface area contributed by atoms with Gasteiger partial charge in [-0.3, -0.25) is 0 Å². The maximum atomic E-state index is 3.68. The Morgan fingerprint density at radius 1 is 1.50 bits per heavy atom. The zero-order valence-corrected chi connectivity index (χ0v) is 8.91. The quantitative estimate of drug-likeness (QED) is 0.723. The van der Waals surface area contributed by atoms with Crippen molar-refractivity contribution in [3.05, 3.63) is 0 Å². The van der Waals surface area contributed by atoms with E-state index in [0.29, 0.717) is 5.41 Å². The van der Waals surface area contributed by atoms with Gasteiger partial charge in [-0.05, 0) is 42.2 Å². The van der Waals surface area contributed by atoms with Crippen molar-refractivity contribution in [1.82, 2.24) is 5.32 Å². The summed E-state index contributed by atoms with van der Waals surface area (Å²) in [6.07, 6.45) is 2.82. The van der Waals surface area contributed by atoms with Gasteiger partial charge in [0, 0.05) is 6.04 Å². The first kappa shape index (κ1) is 8.89. The summed E-state index contributed by atoms with van der Waals surface area (Å²) in [6, 6.07) is 0.822. The second-order valence-corrected chi connectivity index (χ2v) is 6.03. The second kappa shape index (κ2) is 3.22. The largest absolute Gasteiger partial charge is 0.313 e. The highest BCUT2D eigenvalue weighted by molar-refractivity contribution is 7.99. The van der Waals surface area contributed by atoms with E-state index < -0.39 is 0 Å². The van der Waals surface area contributed by atoms with Gasteiger partial charge in [0.15, 0.2) is 0 Å². The van der Waals surface area contributed by atoms with Gasteiger partial charge in [-0.25, -0.2) is 0 Å². The zero-order chi connectivity index (χ0) is 8.60. The lowest BCUT2D eigenvalue weighted by molar-refractivity contribution is 0.478. The van der Waals surface area contributed by atoms with Crippen LogP contribution < -0.4 is 5.32 Å². The lowest BCUT2D eigenvalue weighted by Gasteiger charge is -2.10. The number of hydrogen-bond acceptors (Lipinski definition) is 2. The molecule has 0 spiro atoms. The van der Waals surface area contributed by atoms with Crippen molar-refractivity contribution in [2.75, 3.05) is 18.1 Å². The normalized spacial score (nSPS) is 38.5. The van der Waals surface area contributed by atoms with Crippen LogP contribution in [-0.2, 0) is 0 Å². The maximum absolute atomic E-state index is 3.68. The minimum absolute atomic E-state index is 0.603. The molecule has 1 heterocycles. The Labute approximate surface area is 79.7 Å². The molecular formula is C10H19NS. The van der Waals surface area contributed by atoms with Gasteiger partial charge in [-0.15, -0.1) is 0 Å². The van der Waals surface area contributed by atoms with Gasteiger partial charge in [0.2, 0.25) is 0 Å². The molecule has 0 amide bonds. The van der Waals surface area contributed by atoms with E-state index in [2.05, 4.69) is 30.9 Å². The molecule has 2 unspecified atom stereocenters. The van der Waals surface area contributed by atoms with Crippen LogP contribution in [0.5, 0.6) is 0 Å². The summed E-state index contributed by atoms with van der Waals surface area (Å²) >= 11 is 2.11. The van der Waals surface area contributed by atoms with E-state index in [9.17, 15) is 0 Å². The average Bonchev–Trinajstić information content (AvgIpc) is 2.54. The third-order valence-electron chi connectivity index (χ3n) is 3.19. The fourth-order valence-corrected chi connectivity index (χ4v) is 3.15. The first-order valence-corrected chi connectivity index (χ1v) is 6.15. The smallest absolute Gasteiger partial charge is 0.0125 e. The van der Waals surface area contributed by atoms with E-state index in [4.69, 9.17) is 0 Å². The molecule has 2 rings (SSSR count). The zero-order valence-electron chi connectivity index (χ0n) is 8.10.